The summed E-state index contributed by atoms with van der Waals surface area (Å²) in [5.74, 6) is -0.770. The second-order valence-corrected chi connectivity index (χ2v) is 7.90. The first-order chi connectivity index (χ1) is 10.4. The quantitative estimate of drug-likeness (QED) is 0.808. The summed E-state index contributed by atoms with van der Waals surface area (Å²) >= 11 is 0. The Morgan fingerprint density at radius 1 is 1.18 bits per heavy atom. The number of hydrogen-bond donors (Lipinski definition) is 0. The minimum absolute atomic E-state index is 0.253. The van der Waals surface area contributed by atoms with Crippen molar-refractivity contribution in [1.82, 2.24) is 14.1 Å². The Balaban J connectivity index is 1.92. The maximum Gasteiger partial charge on any atom is 0.247 e. The van der Waals surface area contributed by atoms with Crippen LogP contribution >= 0.6 is 0 Å². The zero-order valence-electron chi connectivity index (χ0n) is 13.3. The van der Waals surface area contributed by atoms with Gasteiger partial charge in [-0.3, -0.25) is 4.68 Å². The smallest absolute Gasteiger partial charge is 0.247 e. The maximum atomic E-state index is 13.0. The van der Waals surface area contributed by atoms with E-state index in [1.165, 1.54) is 4.31 Å². The summed E-state index contributed by atoms with van der Waals surface area (Å²) in [4.78, 5) is 0.308. The van der Waals surface area contributed by atoms with E-state index in [0.717, 1.165) is 19.3 Å². The van der Waals surface area contributed by atoms with Crippen LogP contribution in [0.4, 0.5) is 0 Å². The Labute approximate surface area is 131 Å². The molecule has 2 aliphatic heterocycles. The molecule has 2 aliphatic rings. The number of aryl methyl sites for hydroxylation is 2. The number of nitrogens with zero attached hydrogens (tertiary/aromatic N) is 3. The van der Waals surface area contributed by atoms with E-state index in [2.05, 4.69) is 5.10 Å². The highest BCUT2D eigenvalue weighted by Crippen LogP contribution is 2.33. The average molecular weight is 329 g/mol. The Hall–Kier alpha value is -0.960. The molecule has 1 aromatic rings. The summed E-state index contributed by atoms with van der Waals surface area (Å²) in [6.07, 6.45) is 2.74. The Morgan fingerprint density at radius 2 is 1.91 bits per heavy atom. The predicted octanol–water partition coefficient (Wildman–Crippen LogP) is 0.955. The van der Waals surface area contributed by atoms with Gasteiger partial charge >= 0.3 is 0 Å². The van der Waals surface area contributed by atoms with Crippen LogP contribution in [-0.4, -0.2) is 54.6 Å². The van der Waals surface area contributed by atoms with Gasteiger partial charge in [-0.25, -0.2) is 8.42 Å². The van der Waals surface area contributed by atoms with Crippen LogP contribution in [0.5, 0.6) is 0 Å². The topological polar surface area (TPSA) is 73.7 Å². The minimum Gasteiger partial charge on any atom is -0.349 e. The highest BCUT2D eigenvalue weighted by molar-refractivity contribution is 7.89. The lowest BCUT2D eigenvalue weighted by Crippen LogP contribution is -2.56. The molecule has 2 fully saturated rings. The van der Waals surface area contributed by atoms with E-state index in [1.54, 1.807) is 25.6 Å². The van der Waals surface area contributed by atoms with Gasteiger partial charge in [-0.1, -0.05) is 0 Å². The van der Waals surface area contributed by atoms with E-state index >= 15 is 0 Å². The van der Waals surface area contributed by atoms with Crippen molar-refractivity contribution in [3.8, 4) is 0 Å². The third-order valence-electron chi connectivity index (χ3n) is 4.48. The van der Waals surface area contributed by atoms with Crippen LogP contribution in [0.1, 0.15) is 30.7 Å². The van der Waals surface area contributed by atoms with Crippen molar-refractivity contribution in [1.29, 1.82) is 0 Å². The van der Waals surface area contributed by atoms with E-state index < -0.39 is 15.8 Å². The van der Waals surface area contributed by atoms with Crippen molar-refractivity contribution in [2.45, 2.75) is 43.8 Å². The van der Waals surface area contributed by atoms with Crippen molar-refractivity contribution in [2.75, 3.05) is 26.3 Å². The molecule has 3 heterocycles. The minimum atomic E-state index is -3.59. The molecular weight excluding hydrogens is 306 g/mol. The highest BCUT2D eigenvalue weighted by atomic mass is 32.2. The first-order valence-corrected chi connectivity index (χ1v) is 9.08. The largest absolute Gasteiger partial charge is 0.349 e. The Kier molecular flexibility index (Phi) is 4.05. The summed E-state index contributed by atoms with van der Waals surface area (Å²) in [5.41, 5.74) is 1.19. The molecule has 1 spiro atoms. The molecule has 0 saturated carbocycles. The normalized spacial score (nSPS) is 27.4. The standard InChI is InChI=1S/C14H23N3O4S/c1-11-13(12(2)16(3)15-11)22(18,19)17-7-9-21-14(10-17)6-4-5-8-20-14/h4-10H2,1-3H3. The van der Waals surface area contributed by atoms with E-state index in [-0.39, 0.29) is 6.54 Å². The monoisotopic (exact) mass is 329 g/mol. The highest BCUT2D eigenvalue weighted by Gasteiger charge is 2.44. The van der Waals surface area contributed by atoms with Gasteiger partial charge < -0.3 is 9.47 Å². The lowest BCUT2D eigenvalue weighted by atomic mass is 10.0. The molecule has 2 saturated heterocycles. The van der Waals surface area contributed by atoms with Gasteiger partial charge in [0, 0.05) is 20.0 Å². The van der Waals surface area contributed by atoms with Crippen LogP contribution in [0, 0.1) is 13.8 Å². The zero-order valence-corrected chi connectivity index (χ0v) is 14.1. The molecular formula is C14H23N3O4S. The van der Waals surface area contributed by atoms with Gasteiger partial charge in [0.25, 0.3) is 0 Å². The Bertz CT molecular complexity index is 656. The molecule has 3 rings (SSSR count). The van der Waals surface area contributed by atoms with Crippen LogP contribution in [0.2, 0.25) is 0 Å². The number of sulfonamides is 1. The number of morpholine rings is 1. The van der Waals surface area contributed by atoms with E-state index in [4.69, 9.17) is 9.47 Å². The lowest BCUT2D eigenvalue weighted by molar-refractivity contribution is -0.274. The summed E-state index contributed by atoms with van der Waals surface area (Å²) in [6, 6.07) is 0. The van der Waals surface area contributed by atoms with Gasteiger partial charge in [-0.05, 0) is 26.7 Å². The molecule has 1 aromatic heterocycles. The van der Waals surface area contributed by atoms with Crippen molar-refractivity contribution >= 4 is 10.0 Å². The second kappa shape index (κ2) is 5.59. The van der Waals surface area contributed by atoms with Crippen LogP contribution in [0.25, 0.3) is 0 Å². The SMILES string of the molecule is Cc1nn(C)c(C)c1S(=O)(=O)N1CCOC2(CCCCO2)C1. The molecule has 22 heavy (non-hydrogen) atoms. The van der Waals surface area contributed by atoms with Crippen LogP contribution in [0.3, 0.4) is 0 Å². The van der Waals surface area contributed by atoms with Gasteiger partial charge in [-0.15, -0.1) is 0 Å². The molecule has 0 amide bonds. The third-order valence-corrected chi connectivity index (χ3v) is 6.58. The summed E-state index contributed by atoms with van der Waals surface area (Å²) in [7, 11) is -1.83. The first kappa shape index (κ1) is 15.9. The molecule has 124 valence electrons. The zero-order chi connectivity index (χ0) is 16.0. The Morgan fingerprint density at radius 3 is 2.50 bits per heavy atom. The van der Waals surface area contributed by atoms with E-state index in [1.807, 2.05) is 0 Å². The maximum absolute atomic E-state index is 13.0. The fourth-order valence-corrected chi connectivity index (χ4v) is 5.11. The molecule has 0 N–H and O–H groups in total. The van der Waals surface area contributed by atoms with Gasteiger partial charge in [0.1, 0.15) is 4.90 Å². The van der Waals surface area contributed by atoms with Crippen molar-refractivity contribution in [2.24, 2.45) is 7.05 Å². The molecule has 0 radical (unpaired) electrons. The summed E-state index contributed by atoms with van der Waals surface area (Å²) < 4.78 is 40.7. The van der Waals surface area contributed by atoms with Crippen molar-refractivity contribution in [3.63, 3.8) is 0 Å². The van der Waals surface area contributed by atoms with Gasteiger partial charge in [0.2, 0.25) is 10.0 Å². The van der Waals surface area contributed by atoms with Crippen LogP contribution in [0.15, 0.2) is 4.90 Å². The fraction of sp³-hybridized carbons (Fsp3) is 0.786. The van der Waals surface area contributed by atoms with Gasteiger partial charge in [0.05, 0.1) is 31.1 Å². The molecule has 1 unspecified atom stereocenters. The number of hydrogen-bond acceptors (Lipinski definition) is 5. The van der Waals surface area contributed by atoms with E-state index in [9.17, 15) is 8.42 Å². The van der Waals surface area contributed by atoms with Gasteiger partial charge in [-0.2, -0.15) is 9.40 Å². The molecule has 8 heteroatoms. The van der Waals surface area contributed by atoms with Gasteiger partial charge in [0.15, 0.2) is 5.79 Å². The fourth-order valence-electron chi connectivity index (χ4n) is 3.25. The van der Waals surface area contributed by atoms with E-state index in [0.29, 0.717) is 36.0 Å². The number of aromatic nitrogens is 2. The van der Waals surface area contributed by atoms with Crippen LogP contribution < -0.4 is 0 Å². The number of rotatable bonds is 2. The lowest BCUT2D eigenvalue weighted by Gasteiger charge is -2.43. The molecule has 1 atom stereocenters. The van der Waals surface area contributed by atoms with Crippen LogP contribution in [-0.2, 0) is 26.5 Å². The average Bonchev–Trinajstić information content (AvgIpc) is 2.73. The first-order valence-electron chi connectivity index (χ1n) is 7.64. The second-order valence-electron chi connectivity index (χ2n) is 6.03. The number of ether oxygens (including phenoxy) is 2. The molecule has 0 bridgehead atoms. The third kappa shape index (κ3) is 2.58. The molecule has 0 aliphatic carbocycles. The molecule has 7 nitrogen and oxygen atoms in total. The summed E-state index contributed by atoms with van der Waals surface area (Å²) in [6.45, 7) is 5.09. The predicted molar refractivity (Wildman–Crippen MR) is 79.9 cm³/mol. The summed E-state index contributed by atoms with van der Waals surface area (Å²) in [5, 5.41) is 4.22. The molecule has 0 aromatic carbocycles. The van der Waals surface area contributed by atoms with Crippen molar-refractivity contribution < 1.29 is 17.9 Å². The van der Waals surface area contributed by atoms with Crippen molar-refractivity contribution in [3.05, 3.63) is 11.4 Å².